The Balaban J connectivity index is 0. The standard InChI is InChI=1S/C20H34O7.Ti/c1-7-17(15(21)9-19(23)25-11-13(3)4)27-18(8-2)16(22)10-20(24)26-12-14(5)6;/h13-14,17-18H,7-12H2,1-6H3;. The fourth-order valence-electron chi connectivity index (χ4n) is 2.13. The Kier molecular flexibility index (Phi) is 16.5. The molecule has 2 unspecified atom stereocenters. The monoisotopic (exact) mass is 434 g/mol. The number of esters is 2. The van der Waals surface area contributed by atoms with E-state index in [0.717, 1.165) is 0 Å². The van der Waals surface area contributed by atoms with Gasteiger partial charge in [-0.15, -0.1) is 0 Å². The zero-order valence-electron chi connectivity index (χ0n) is 17.9. The summed E-state index contributed by atoms with van der Waals surface area (Å²) in [5.41, 5.74) is 0. The van der Waals surface area contributed by atoms with E-state index < -0.39 is 48.6 Å². The van der Waals surface area contributed by atoms with E-state index in [1.54, 1.807) is 13.8 Å². The molecule has 0 aliphatic heterocycles. The van der Waals surface area contributed by atoms with Crippen LogP contribution < -0.4 is 0 Å². The van der Waals surface area contributed by atoms with Crippen molar-refractivity contribution in [3.63, 3.8) is 0 Å². The number of rotatable bonds is 14. The molecule has 7 nitrogen and oxygen atoms in total. The quantitative estimate of drug-likeness (QED) is 0.236. The van der Waals surface area contributed by atoms with E-state index in [9.17, 15) is 19.2 Å². The third-order valence-electron chi connectivity index (χ3n) is 3.58. The second-order valence-corrected chi connectivity index (χ2v) is 7.37. The SMILES string of the molecule is CCC(OC(CC)C(=O)CC(=O)OCC(C)C)C(=O)CC(=O)OCC(C)C.[Ti]. The maximum atomic E-state index is 12.3. The summed E-state index contributed by atoms with van der Waals surface area (Å²) in [7, 11) is 0. The topological polar surface area (TPSA) is 96.0 Å². The first-order chi connectivity index (χ1) is 12.6. The third-order valence-corrected chi connectivity index (χ3v) is 3.58. The second kappa shape index (κ2) is 15.8. The van der Waals surface area contributed by atoms with Crippen LogP contribution in [-0.2, 0) is 55.1 Å². The summed E-state index contributed by atoms with van der Waals surface area (Å²) in [5.74, 6) is -1.71. The molecule has 0 aliphatic carbocycles. The van der Waals surface area contributed by atoms with Gasteiger partial charge in [0.05, 0.1) is 13.2 Å². The molecule has 0 fully saturated rings. The van der Waals surface area contributed by atoms with Gasteiger partial charge in [-0.3, -0.25) is 19.2 Å². The molecule has 0 heterocycles. The zero-order chi connectivity index (χ0) is 21.0. The van der Waals surface area contributed by atoms with Crippen molar-refractivity contribution in [2.75, 3.05) is 13.2 Å². The van der Waals surface area contributed by atoms with Gasteiger partial charge in [0.2, 0.25) is 0 Å². The molecule has 0 amide bonds. The summed E-state index contributed by atoms with van der Waals surface area (Å²) >= 11 is 0. The first kappa shape index (κ1) is 29.2. The van der Waals surface area contributed by atoms with Crippen molar-refractivity contribution in [1.29, 1.82) is 0 Å². The Morgan fingerprint density at radius 3 is 1.25 bits per heavy atom. The summed E-state index contributed by atoms with van der Waals surface area (Å²) < 4.78 is 15.6. The minimum Gasteiger partial charge on any atom is -0.465 e. The van der Waals surface area contributed by atoms with Gasteiger partial charge in [0.15, 0.2) is 11.6 Å². The van der Waals surface area contributed by atoms with Crippen LogP contribution >= 0.6 is 0 Å². The van der Waals surface area contributed by atoms with E-state index in [0.29, 0.717) is 12.8 Å². The van der Waals surface area contributed by atoms with Crippen molar-refractivity contribution in [3.05, 3.63) is 0 Å². The van der Waals surface area contributed by atoms with Crippen molar-refractivity contribution in [2.45, 2.75) is 79.4 Å². The molecule has 0 aliphatic rings. The molecular weight excluding hydrogens is 400 g/mol. The fraction of sp³-hybridized carbons (Fsp3) is 0.800. The van der Waals surface area contributed by atoms with Crippen LogP contribution in [0.25, 0.3) is 0 Å². The van der Waals surface area contributed by atoms with Crippen molar-refractivity contribution in [1.82, 2.24) is 0 Å². The van der Waals surface area contributed by atoms with Crippen molar-refractivity contribution >= 4 is 23.5 Å². The van der Waals surface area contributed by atoms with Crippen molar-refractivity contribution in [3.8, 4) is 0 Å². The minimum absolute atomic E-state index is 0. The Bertz CT molecular complexity index is 459. The van der Waals surface area contributed by atoms with Crippen LogP contribution in [0.3, 0.4) is 0 Å². The summed E-state index contributed by atoms with van der Waals surface area (Å²) in [4.78, 5) is 48.0. The average Bonchev–Trinajstić information content (AvgIpc) is 2.58. The molecule has 2 atom stereocenters. The van der Waals surface area contributed by atoms with Gasteiger partial charge in [0.1, 0.15) is 25.0 Å². The van der Waals surface area contributed by atoms with Crippen LogP contribution in [0.1, 0.15) is 67.2 Å². The number of hydrogen-bond acceptors (Lipinski definition) is 7. The number of carbonyl (C=O) groups is 4. The molecule has 0 rings (SSSR count). The molecule has 0 saturated carbocycles. The van der Waals surface area contributed by atoms with Gasteiger partial charge in [-0.25, -0.2) is 0 Å². The molecule has 0 bridgehead atoms. The van der Waals surface area contributed by atoms with Gasteiger partial charge in [0.25, 0.3) is 0 Å². The van der Waals surface area contributed by atoms with Crippen LogP contribution in [0.4, 0.5) is 0 Å². The van der Waals surface area contributed by atoms with Gasteiger partial charge in [-0.05, 0) is 24.7 Å². The third kappa shape index (κ3) is 13.2. The summed E-state index contributed by atoms with van der Waals surface area (Å²) in [6.45, 7) is 11.6. The van der Waals surface area contributed by atoms with Gasteiger partial charge < -0.3 is 14.2 Å². The molecule has 8 heteroatoms. The molecule has 0 radical (unpaired) electrons. The smallest absolute Gasteiger partial charge is 0.313 e. The van der Waals surface area contributed by atoms with Gasteiger partial charge in [-0.2, -0.15) is 0 Å². The van der Waals surface area contributed by atoms with Crippen LogP contribution in [-0.4, -0.2) is 48.9 Å². The van der Waals surface area contributed by atoms with E-state index in [4.69, 9.17) is 14.2 Å². The number of ether oxygens (including phenoxy) is 3. The van der Waals surface area contributed by atoms with Crippen LogP contribution in [0.2, 0.25) is 0 Å². The molecule has 0 aromatic carbocycles. The normalized spacial score (nSPS) is 12.9. The Morgan fingerprint density at radius 2 is 1.00 bits per heavy atom. The Hall–Kier alpha value is -1.05. The first-order valence-electron chi connectivity index (χ1n) is 9.62. The summed E-state index contributed by atoms with van der Waals surface area (Å²) in [6, 6.07) is 0. The number of carbonyl (C=O) groups excluding carboxylic acids is 4. The number of ketones is 2. The number of Topliss-reactive ketones (excluding diaryl/α,β-unsaturated/α-hetero) is 2. The Morgan fingerprint density at radius 1 is 0.679 bits per heavy atom. The van der Waals surface area contributed by atoms with Crippen molar-refractivity contribution in [2.24, 2.45) is 11.8 Å². The van der Waals surface area contributed by atoms with Crippen LogP contribution in [0, 0.1) is 11.8 Å². The van der Waals surface area contributed by atoms with Crippen molar-refractivity contribution < 1.29 is 55.1 Å². The van der Waals surface area contributed by atoms with E-state index in [1.165, 1.54) is 0 Å². The van der Waals surface area contributed by atoms with E-state index in [2.05, 4.69) is 0 Å². The van der Waals surface area contributed by atoms with E-state index in [-0.39, 0.29) is 46.8 Å². The maximum absolute atomic E-state index is 12.3. The molecule has 0 spiro atoms. The van der Waals surface area contributed by atoms with Gasteiger partial charge in [-0.1, -0.05) is 41.5 Å². The summed E-state index contributed by atoms with van der Waals surface area (Å²) in [5, 5.41) is 0. The first-order valence-corrected chi connectivity index (χ1v) is 9.62. The van der Waals surface area contributed by atoms with E-state index >= 15 is 0 Å². The van der Waals surface area contributed by atoms with Crippen LogP contribution in [0.5, 0.6) is 0 Å². The molecule has 0 saturated heterocycles. The van der Waals surface area contributed by atoms with Crippen LogP contribution in [0.15, 0.2) is 0 Å². The predicted octanol–water partition coefficient (Wildman–Crippen LogP) is 2.87. The molecule has 0 aromatic rings. The molecular formula is C20H34O7Ti. The fourth-order valence-corrected chi connectivity index (χ4v) is 2.13. The van der Waals surface area contributed by atoms with Gasteiger partial charge >= 0.3 is 11.9 Å². The van der Waals surface area contributed by atoms with Gasteiger partial charge in [0, 0.05) is 21.7 Å². The molecule has 0 aromatic heterocycles. The van der Waals surface area contributed by atoms with E-state index in [1.807, 2.05) is 27.7 Å². The molecule has 0 N–H and O–H groups in total. The Labute approximate surface area is 183 Å². The molecule has 28 heavy (non-hydrogen) atoms. The molecule has 160 valence electrons. The predicted molar refractivity (Wildman–Crippen MR) is 100 cm³/mol. The zero-order valence-corrected chi connectivity index (χ0v) is 19.5. The minimum atomic E-state index is -0.891. The average molecular weight is 434 g/mol. The maximum Gasteiger partial charge on any atom is 0.313 e. The number of hydrogen-bond donors (Lipinski definition) is 0. The largest absolute Gasteiger partial charge is 0.465 e. The summed E-state index contributed by atoms with van der Waals surface area (Å²) in [6.07, 6.45) is -1.94. The second-order valence-electron chi connectivity index (χ2n) is 7.37.